The Labute approximate surface area is 79.7 Å². The third kappa shape index (κ3) is 1.35. The van der Waals surface area contributed by atoms with Gasteiger partial charge in [-0.15, -0.1) is 11.8 Å². The molecule has 1 aromatic carbocycles. The van der Waals surface area contributed by atoms with Crippen molar-refractivity contribution in [3.63, 3.8) is 0 Å². The molecule has 1 aromatic rings. The van der Waals surface area contributed by atoms with E-state index in [1.54, 1.807) is 23.9 Å². The van der Waals surface area contributed by atoms with Crippen LogP contribution in [0.4, 0.5) is 11.4 Å². The van der Waals surface area contributed by atoms with E-state index in [1.807, 2.05) is 18.0 Å². The molecule has 0 spiro atoms. The number of rotatable bonds is 1. The van der Waals surface area contributed by atoms with Crippen molar-refractivity contribution in [2.24, 2.45) is 0 Å². The van der Waals surface area contributed by atoms with E-state index in [4.69, 9.17) is 0 Å². The van der Waals surface area contributed by atoms with Gasteiger partial charge in [-0.2, -0.15) is 0 Å². The summed E-state index contributed by atoms with van der Waals surface area (Å²) in [5.41, 5.74) is 1.12. The van der Waals surface area contributed by atoms with E-state index in [0.29, 0.717) is 0 Å². The quantitative estimate of drug-likeness (QED) is 0.509. The number of thioether (sulfide) groups is 1. The highest BCUT2D eigenvalue weighted by atomic mass is 32.2. The van der Waals surface area contributed by atoms with Gasteiger partial charge in [-0.25, -0.2) is 0 Å². The second-order valence-corrected chi connectivity index (χ2v) is 3.87. The summed E-state index contributed by atoms with van der Waals surface area (Å²) in [6, 6.07) is 4.97. The first-order chi connectivity index (χ1) is 6.18. The summed E-state index contributed by atoms with van der Waals surface area (Å²) in [4.78, 5) is 13.2. The molecule has 0 radical (unpaired) electrons. The summed E-state index contributed by atoms with van der Waals surface area (Å²) in [6.07, 6.45) is 0. The minimum Gasteiger partial charge on any atom is -0.364 e. The third-order valence-corrected chi connectivity index (χ3v) is 3.15. The Morgan fingerprint density at radius 3 is 3.08 bits per heavy atom. The van der Waals surface area contributed by atoms with Crippen LogP contribution in [0.5, 0.6) is 0 Å². The van der Waals surface area contributed by atoms with Crippen LogP contribution in [0.3, 0.4) is 0 Å². The summed E-state index contributed by atoms with van der Waals surface area (Å²) in [5, 5.41) is 10.5. The fraction of sp³-hybridized carbons (Fsp3) is 0.250. The molecule has 5 heteroatoms. The lowest BCUT2D eigenvalue weighted by atomic mass is 10.2. The van der Waals surface area contributed by atoms with Crippen LogP contribution < -0.4 is 4.90 Å². The zero-order valence-corrected chi connectivity index (χ0v) is 7.87. The molecular formula is C8H8N2O2S. The van der Waals surface area contributed by atoms with Crippen LogP contribution in [-0.2, 0) is 0 Å². The molecule has 68 valence electrons. The predicted molar refractivity (Wildman–Crippen MR) is 52.2 cm³/mol. The maximum atomic E-state index is 10.5. The van der Waals surface area contributed by atoms with Gasteiger partial charge in [0, 0.05) is 24.1 Å². The summed E-state index contributed by atoms with van der Waals surface area (Å²) < 4.78 is 0. The fourth-order valence-electron chi connectivity index (χ4n) is 1.28. The van der Waals surface area contributed by atoms with Gasteiger partial charge in [0.2, 0.25) is 0 Å². The first-order valence-corrected chi connectivity index (χ1v) is 4.79. The van der Waals surface area contributed by atoms with Crippen LogP contribution in [0.15, 0.2) is 23.1 Å². The SMILES string of the molecule is CN1CSc2ccc([N+](=O)[O-])cc21. The van der Waals surface area contributed by atoms with Crippen molar-refractivity contribution < 1.29 is 4.92 Å². The van der Waals surface area contributed by atoms with Crippen molar-refractivity contribution in [3.8, 4) is 0 Å². The number of hydrogen-bond acceptors (Lipinski definition) is 4. The number of nitro benzene ring substituents is 1. The van der Waals surface area contributed by atoms with Crippen molar-refractivity contribution in [2.75, 3.05) is 17.8 Å². The molecule has 13 heavy (non-hydrogen) atoms. The Hall–Kier alpha value is -1.23. The van der Waals surface area contributed by atoms with Gasteiger partial charge in [-0.05, 0) is 6.07 Å². The van der Waals surface area contributed by atoms with E-state index in [0.717, 1.165) is 16.5 Å². The van der Waals surface area contributed by atoms with E-state index >= 15 is 0 Å². The van der Waals surface area contributed by atoms with Gasteiger partial charge < -0.3 is 4.90 Å². The number of non-ortho nitro benzene ring substituents is 1. The second-order valence-electron chi connectivity index (χ2n) is 2.88. The Kier molecular flexibility index (Phi) is 1.88. The van der Waals surface area contributed by atoms with Crippen molar-refractivity contribution in [2.45, 2.75) is 4.90 Å². The minimum absolute atomic E-state index is 0.160. The number of nitro groups is 1. The van der Waals surface area contributed by atoms with E-state index in [1.165, 1.54) is 0 Å². The van der Waals surface area contributed by atoms with Crippen LogP contribution in [0.2, 0.25) is 0 Å². The summed E-state index contributed by atoms with van der Waals surface area (Å²) in [6.45, 7) is 0. The lowest BCUT2D eigenvalue weighted by Crippen LogP contribution is -2.10. The maximum absolute atomic E-state index is 10.5. The van der Waals surface area contributed by atoms with E-state index < -0.39 is 0 Å². The van der Waals surface area contributed by atoms with Crippen LogP contribution in [0.25, 0.3) is 0 Å². The Morgan fingerprint density at radius 2 is 2.38 bits per heavy atom. The summed E-state index contributed by atoms with van der Waals surface area (Å²) in [5.74, 6) is 0.872. The molecule has 0 N–H and O–H groups in total. The largest absolute Gasteiger partial charge is 0.364 e. The van der Waals surface area contributed by atoms with Gasteiger partial charge in [0.1, 0.15) is 0 Å². The second kappa shape index (κ2) is 2.92. The Balaban J connectivity index is 2.47. The van der Waals surface area contributed by atoms with Gasteiger partial charge in [-0.3, -0.25) is 10.1 Å². The van der Waals surface area contributed by atoms with Gasteiger partial charge in [0.25, 0.3) is 5.69 Å². The standard InChI is InChI=1S/C8H8N2O2S/c1-9-5-13-8-3-2-6(10(11)12)4-7(8)9/h2-4H,5H2,1H3. The molecular weight excluding hydrogens is 188 g/mol. The lowest BCUT2D eigenvalue weighted by molar-refractivity contribution is -0.384. The Bertz CT molecular complexity index is 367. The number of anilines is 1. The van der Waals surface area contributed by atoms with Crippen molar-refractivity contribution in [3.05, 3.63) is 28.3 Å². The molecule has 0 saturated carbocycles. The number of hydrogen-bond donors (Lipinski definition) is 0. The highest BCUT2D eigenvalue weighted by Gasteiger charge is 2.19. The third-order valence-electron chi connectivity index (χ3n) is 1.98. The van der Waals surface area contributed by atoms with Crippen LogP contribution >= 0.6 is 11.8 Å². The molecule has 4 nitrogen and oxygen atoms in total. The molecule has 0 atom stereocenters. The normalized spacial score (nSPS) is 14.4. The molecule has 0 saturated heterocycles. The van der Waals surface area contributed by atoms with Crippen LogP contribution in [0, 0.1) is 10.1 Å². The van der Waals surface area contributed by atoms with Crippen molar-refractivity contribution in [1.29, 1.82) is 0 Å². The van der Waals surface area contributed by atoms with Gasteiger partial charge in [0.15, 0.2) is 0 Å². The van der Waals surface area contributed by atoms with Gasteiger partial charge in [-0.1, -0.05) is 0 Å². The molecule has 0 bridgehead atoms. The maximum Gasteiger partial charge on any atom is 0.271 e. The fourth-order valence-corrected chi connectivity index (χ4v) is 2.27. The molecule has 0 aromatic heterocycles. The molecule has 1 aliphatic rings. The molecule has 1 heterocycles. The lowest BCUT2D eigenvalue weighted by Gasteiger charge is -2.09. The topological polar surface area (TPSA) is 46.4 Å². The zero-order chi connectivity index (χ0) is 9.42. The molecule has 0 amide bonds. The van der Waals surface area contributed by atoms with Crippen molar-refractivity contribution in [1.82, 2.24) is 0 Å². The van der Waals surface area contributed by atoms with E-state index in [9.17, 15) is 10.1 Å². The number of fused-ring (bicyclic) bond motifs is 1. The monoisotopic (exact) mass is 196 g/mol. The average Bonchev–Trinajstić information content (AvgIpc) is 2.47. The molecule has 0 aliphatic carbocycles. The number of nitrogens with zero attached hydrogens (tertiary/aromatic N) is 2. The first kappa shape index (κ1) is 8.37. The highest BCUT2D eigenvalue weighted by molar-refractivity contribution is 7.99. The first-order valence-electron chi connectivity index (χ1n) is 3.81. The molecule has 0 unspecified atom stereocenters. The zero-order valence-electron chi connectivity index (χ0n) is 7.06. The molecule has 1 aliphatic heterocycles. The molecule has 0 fully saturated rings. The van der Waals surface area contributed by atoms with Crippen LogP contribution in [0.1, 0.15) is 0 Å². The summed E-state index contributed by atoms with van der Waals surface area (Å²) in [7, 11) is 1.93. The van der Waals surface area contributed by atoms with E-state index in [-0.39, 0.29) is 10.6 Å². The highest BCUT2D eigenvalue weighted by Crippen LogP contribution is 2.39. The van der Waals surface area contributed by atoms with Gasteiger partial charge in [0.05, 0.1) is 16.5 Å². The Morgan fingerprint density at radius 1 is 1.62 bits per heavy atom. The minimum atomic E-state index is -0.364. The van der Waals surface area contributed by atoms with Crippen molar-refractivity contribution >= 4 is 23.1 Å². The van der Waals surface area contributed by atoms with E-state index in [2.05, 4.69) is 0 Å². The smallest absolute Gasteiger partial charge is 0.271 e. The van der Waals surface area contributed by atoms with Gasteiger partial charge >= 0.3 is 0 Å². The summed E-state index contributed by atoms with van der Waals surface area (Å²) >= 11 is 1.70. The predicted octanol–water partition coefficient (Wildman–Crippen LogP) is 2.09. The van der Waals surface area contributed by atoms with Crippen LogP contribution in [-0.4, -0.2) is 17.8 Å². The number of benzene rings is 1. The molecule has 2 rings (SSSR count). The average molecular weight is 196 g/mol.